The number of piperidine rings is 1. The Bertz CT molecular complexity index is 824. The first-order valence-electron chi connectivity index (χ1n) is 10.4. The fourth-order valence-corrected chi connectivity index (χ4v) is 3.53. The van der Waals surface area contributed by atoms with E-state index in [0.29, 0.717) is 18.3 Å². The van der Waals surface area contributed by atoms with Crippen molar-refractivity contribution in [3.63, 3.8) is 0 Å². The number of ether oxygens (including phenoxy) is 2. The van der Waals surface area contributed by atoms with Gasteiger partial charge in [0.1, 0.15) is 5.75 Å². The summed E-state index contributed by atoms with van der Waals surface area (Å²) in [5.41, 5.74) is 1.22. The number of hydrogen-bond donors (Lipinski definition) is 1. The Morgan fingerprint density at radius 1 is 1.27 bits per heavy atom. The fourth-order valence-electron chi connectivity index (χ4n) is 3.53. The highest BCUT2D eigenvalue weighted by atomic mass is 19.1. The maximum atomic E-state index is 14.0. The molecule has 1 aliphatic heterocycles. The van der Waals surface area contributed by atoms with Crippen molar-refractivity contribution in [3.05, 3.63) is 42.0 Å². The first kappa shape index (κ1) is 21.8. The Balaban J connectivity index is 1.36. The molecule has 1 saturated heterocycles. The average molecular weight is 416 g/mol. The first-order chi connectivity index (χ1) is 14.6. The summed E-state index contributed by atoms with van der Waals surface area (Å²) in [7, 11) is 1.23. The Kier molecular flexibility index (Phi) is 7.82. The number of halogens is 1. The third-order valence-electron chi connectivity index (χ3n) is 5.39. The van der Waals surface area contributed by atoms with Gasteiger partial charge < -0.3 is 14.4 Å². The fraction of sp³-hybridized carbons (Fsp3) is 0.500. The van der Waals surface area contributed by atoms with Gasteiger partial charge in [-0.25, -0.2) is 19.2 Å². The largest absolute Gasteiger partial charge is 0.493 e. The maximum Gasteiger partial charge on any atom is 0.411 e. The molecule has 1 fully saturated rings. The van der Waals surface area contributed by atoms with Crippen LogP contribution in [0.4, 0.5) is 20.8 Å². The summed E-state index contributed by atoms with van der Waals surface area (Å²) in [4.78, 5) is 22.4. The van der Waals surface area contributed by atoms with E-state index in [1.54, 1.807) is 6.07 Å². The van der Waals surface area contributed by atoms with Gasteiger partial charge in [-0.15, -0.1) is 0 Å². The molecule has 1 aliphatic rings. The molecule has 2 heterocycles. The van der Waals surface area contributed by atoms with Crippen molar-refractivity contribution in [1.29, 1.82) is 0 Å². The molecule has 7 nitrogen and oxygen atoms in total. The Morgan fingerprint density at radius 2 is 2.00 bits per heavy atom. The van der Waals surface area contributed by atoms with Gasteiger partial charge in [0.05, 0.1) is 19.4 Å². The lowest BCUT2D eigenvalue weighted by molar-refractivity contribution is 0.186. The number of amides is 1. The van der Waals surface area contributed by atoms with Crippen LogP contribution < -0.4 is 15.0 Å². The van der Waals surface area contributed by atoms with Gasteiger partial charge in [-0.1, -0.05) is 6.92 Å². The molecule has 0 saturated carbocycles. The molecule has 1 aromatic carbocycles. The maximum absolute atomic E-state index is 14.0. The number of anilines is 2. The van der Waals surface area contributed by atoms with E-state index in [4.69, 9.17) is 4.74 Å². The van der Waals surface area contributed by atoms with Crippen LogP contribution in [0.15, 0.2) is 30.6 Å². The highest BCUT2D eigenvalue weighted by molar-refractivity contribution is 5.84. The molecule has 0 spiro atoms. The summed E-state index contributed by atoms with van der Waals surface area (Å²) in [5, 5.41) is 2.31. The van der Waals surface area contributed by atoms with Crippen molar-refractivity contribution < 1.29 is 18.7 Å². The first-order valence-corrected chi connectivity index (χ1v) is 10.4. The zero-order valence-electron chi connectivity index (χ0n) is 17.6. The van der Waals surface area contributed by atoms with Gasteiger partial charge in [0.25, 0.3) is 0 Å². The van der Waals surface area contributed by atoms with E-state index < -0.39 is 11.9 Å². The predicted octanol–water partition coefficient (Wildman–Crippen LogP) is 4.43. The van der Waals surface area contributed by atoms with Crippen LogP contribution in [0.25, 0.3) is 0 Å². The number of carbonyl (C=O) groups excluding carboxylic acids is 1. The smallest absolute Gasteiger partial charge is 0.411 e. The van der Waals surface area contributed by atoms with Crippen molar-refractivity contribution in [2.45, 2.75) is 39.0 Å². The molecule has 0 bridgehead atoms. The monoisotopic (exact) mass is 416 g/mol. The number of benzene rings is 1. The van der Waals surface area contributed by atoms with Crippen LogP contribution in [0.5, 0.6) is 5.75 Å². The lowest BCUT2D eigenvalue weighted by atomic mass is 9.92. The highest BCUT2D eigenvalue weighted by Gasteiger charge is 2.20. The molecule has 0 unspecified atom stereocenters. The zero-order chi connectivity index (χ0) is 21.3. The second kappa shape index (κ2) is 10.8. The number of methoxy groups -OCH3 is 1. The van der Waals surface area contributed by atoms with Crippen molar-refractivity contribution in [2.75, 3.05) is 37.0 Å². The van der Waals surface area contributed by atoms with Crippen LogP contribution in [0.3, 0.4) is 0 Å². The molecular formula is C22H29FN4O3. The molecule has 0 atom stereocenters. The van der Waals surface area contributed by atoms with E-state index in [1.807, 2.05) is 12.4 Å². The number of aryl methyl sites for hydroxylation is 1. The van der Waals surface area contributed by atoms with Gasteiger partial charge in [-0.2, -0.15) is 0 Å². The van der Waals surface area contributed by atoms with E-state index in [-0.39, 0.29) is 5.69 Å². The summed E-state index contributed by atoms with van der Waals surface area (Å²) in [6.45, 7) is 4.57. The molecule has 1 amide bonds. The molecule has 2 aromatic rings. The van der Waals surface area contributed by atoms with Crippen molar-refractivity contribution in [1.82, 2.24) is 9.97 Å². The molecular weight excluding hydrogens is 387 g/mol. The van der Waals surface area contributed by atoms with E-state index in [2.05, 4.69) is 31.8 Å². The number of nitrogens with zero attached hydrogens (tertiary/aromatic N) is 3. The molecule has 162 valence electrons. The van der Waals surface area contributed by atoms with Crippen LogP contribution in [0.2, 0.25) is 0 Å². The standard InChI is InChI=1S/C22H29FN4O3/c1-3-16-14-24-21(25-15-16)27-10-8-17(9-11-27)5-4-12-30-18-6-7-20(19(23)13-18)26-22(28)29-2/h6-7,13-15,17H,3-5,8-12H2,1-2H3,(H,26,28). The number of carbonyl (C=O) groups is 1. The van der Waals surface area contributed by atoms with Crippen molar-refractivity contribution in [2.24, 2.45) is 5.92 Å². The van der Waals surface area contributed by atoms with Gasteiger partial charge >= 0.3 is 6.09 Å². The molecule has 1 aromatic heterocycles. The minimum absolute atomic E-state index is 0.0641. The average Bonchev–Trinajstić information content (AvgIpc) is 2.79. The normalized spacial score (nSPS) is 14.4. The Morgan fingerprint density at radius 3 is 2.63 bits per heavy atom. The van der Waals surface area contributed by atoms with Crippen LogP contribution in [0.1, 0.15) is 38.2 Å². The molecule has 3 rings (SSSR count). The van der Waals surface area contributed by atoms with E-state index in [0.717, 1.165) is 56.7 Å². The molecule has 1 N–H and O–H groups in total. The van der Waals surface area contributed by atoms with Crippen molar-refractivity contribution in [3.8, 4) is 5.75 Å². The topological polar surface area (TPSA) is 76.6 Å². The third kappa shape index (κ3) is 6.05. The van der Waals surface area contributed by atoms with Crippen LogP contribution in [-0.4, -0.2) is 42.9 Å². The van der Waals surface area contributed by atoms with Gasteiger partial charge in [0, 0.05) is 31.5 Å². The number of hydrogen-bond acceptors (Lipinski definition) is 6. The van der Waals surface area contributed by atoms with Crippen molar-refractivity contribution >= 4 is 17.7 Å². The van der Waals surface area contributed by atoms with E-state index >= 15 is 0 Å². The second-order valence-electron chi connectivity index (χ2n) is 7.42. The lowest BCUT2D eigenvalue weighted by Crippen LogP contribution is -2.35. The van der Waals surface area contributed by atoms with Gasteiger partial charge in [0.2, 0.25) is 5.95 Å². The number of aromatic nitrogens is 2. The van der Waals surface area contributed by atoms with Gasteiger partial charge in [-0.05, 0) is 55.7 Å². The minimum atomic E-state index is -0.710. The lowest BCUT2D eigenvalue weighted by Gasteiger charge is -2.32. The summed E-state index contributed by atoms with van der Waals surface area (Å²) < 4.78 is 24.1. The van der Waals surface area contributed by atoms with Crippen LogP contribution >= 0.6 is 0 Å². The minimum Gasteiger partial charge on any atom is -0.493 e. The summed E-state index contributed by atoms with van der Waals surface area (Å²) in [5.74, 6) is 1.37. The van der Waals surface area contributed by atoms with E-state index in [1.165, 1.54) is 19.2 Å². The summed E-state index contributed by atoms with van der Waals surface area (Å²) >= 11 is 0. The van der Waals surface area contributed by atoms with Gasteiger partial charge in [0.15, 0.2) is 5.82 Å². The zero-order valence-corrected chi connectivity index (χ0v) is 17.6. The molecule has 0 aliphatic carbocycles. The van der Waals surface area contributed by atoms with Crippen LogP contribution in [-0.2, 0) is 11.2 Å². The number of rotatable bonds is 8. The summed E-state index contributed by atoms with van der Waals surface area (Å²) in [6.07, 6.45) is 8.27. The second-order valence-corrected chi connectivity index (χ2v) is 7.42. The Hall–Kier alpha value is -2.90. The molecule has 8 heteroatoms. The van der Waals surface area contributed by atoms with Gasteiger partial charge in [-0.3, -0.25) is 5.32 Å². The van der Waals surface area contributed by atoms with E-state index in [9.17, 15) is 9.18 Å². The highest BCUT2D eigenvalue weighted by Crippen LogP contribution is 2.25. The molecule has 30 heavy (non-hydrogen) atoms. The summed E-state index contributed by atoms with van der Waals surface area (Å²) in [6, 6.07) is 4.37. The third-order valence-corrected chi connectivity index (χ3v) is 5.39. The molecule has 0 radical (unpaired) electrons. The number of nitrogens with one attached hydrogen (secondary N) is 1. The van der Waals surface area contributed by atoms with Crippen LogP contribution in [0, 0.1) is 11.7 Å². The Labute approximate surface area is 176 Å². The predicted molar refractivity (Wildman–Crippen MR) is 114 cm³/mol. The quantitative estimate of drug-likeness (QED) is 0.642. The SMILES string of the molecule is CCc1cnc(N2CCC(CCCOc3ccc(NC(=O)OC)c(F)c3)CC2)nc1.